The van der Waals surface area contributed by atoms with Gasteiger partial charge in [-0.3, -0.25) is 14.9 Å². The van der Waals surface area contributed by atoms with Gasteiger partial charge in [0.25, 0.3) is 5.91 Å². The van der Waals surface area contributed by atoms with E-state index in [0.29, 0.717) is 18.0 Å². The molecule has 1 N–H and O–H groups in total. The molecule has 0 unspecified atom stereocenters. The van der Waals surface area contributed by atoms with E-state index in [1.807, 2.05) is 49.6 Å². The Morgan fingerprint density at radius 3 is 2.72 bits per heavy atom. The SMILES string of the molecule is CSc1ccc(N2C[C@@H](c3nnc(NC(=O)c4cccc(C)c4)o3)CC2=O)cc1. The first-order valence-electron chi connectivity index (χ1n) is 9.19. The van der Waals surface area contributed by atoms with E-state index in [9.17, 15) is 9.59 Å². The van der Waals surface area contributed by atoms with Crippen LogP contribution in [0.5, 0.6) is 0 Å². The topological polar surface area (TPSA) is 88.3 Å². The number of nitrogens with zero attached hydrogens (tertiary/aromatic N) is 3. The highest BCUT2D eigenvalue weighted by Crippen LogP contribution is 2.32. The molecule has 2 aromatic carbocycles. The van der Waals surface area contributed by atoms with Crippen molar-refractivity contribution in [2.24, 2.45) is 0 Å². The molecule has 1 aromatic heterocycles. The first-order chi connectivity index (χ1) is 14.0. The van der Waals surface area contributed by atoms with Crippen LogP contribution >= 0.6 is 11.8 Å². The van der Waals surface area contributed by atoms with Crippen LogP contribution in [0.4, 0.5) is 11.7 Å². The van der Waals surface area contributed by atoms with Gasteiger partial charge in [-0.2, -0.15) is 0 Å². The van der Waals surface area contributed by atoms with Crippen molar-refractivity contribution in [2.75, 3.05) is 23.0 Å². The van der Waals surface area contributed by atoms with Gasteiger partial charge in [-0.25, -0.2) is 0 Å². The van der Waals surface area contributed by atoms with Crippen LogP contribution < -0.4 is 10.2 Å². The number of aromatic nitrogens is 2. The molecular weight excluding hydrogens is 388 g/mol. The number of anilines is 2. The number of nitrogens with one attached hydrogen (secondary N) is 1. The summed E-state index contributed by atoms with van der Waals surface area (Å²) in [5.41, 5.74) is 2.35. The smallest absolute Gasteiger partial charge is 0.322 e. The van der Waals surface area contributed by atoms with Crippen LogP contribution in [0.25, 0.3) is 0 Å². The Bertz CT molecular complexity index is 1050. The van der Waals surface area contributed by atoms with Crippen LogP contribution in [0.2, 0.25) is 0 Å². The van der Waals surface area contributed by atoms with Gasteiger partial charge in [-0.15, -0.1) is 16.9 Å². The summed E-state index contributed by atoms with van der Waals surface area (Å²) in [6.07, 6.45) is 2.30. The average Bonchev–Trinajstić information content (AvgIpc) is 3.34. The van der Waals surface area contributed by atoms with Crippen molar-refractivity contribution in [1.82, 2.24) is 10.2 Å². The van der Waals surface area contributed by atoms with Crippen molar-refractivity contribution in [3.05, 3.63) is 65.5 Å². The second kappa shape index (κ2) is 8.08. The lowest BCUT2D eigenvalue weighted by Gasteiger charge is -2.16. The van der Waals surface area contributed by atoms with Crippen molar-refractivity contribution in [2.45, 2.75) is 24.2 Å². The van der Waals surface area contributed by atoms with Gasteiger partial charge in [0, 0.05) is 29.1 Å². The molecule has 1 atom stereocenters. The van der Waals surface area contributed by atoms with E-state index in [4.69, 9.17) is 4.42 Å². The summed E-state index contributed by atoms with van der Waals surface area (Å²) >= 11 is 1.65. The van der Waals surface area contributed by atoms with E-state index >= 15 is 0 Å². The van der Waals surface area contributed by atoms with Gasteiger partial charge in [-0.1, -0.05) is 22.8 Å². The van der Waals surface area contributed by atoms with Gasteiger partial charge in [0.2, 0.25) is 11.8 Å². The summed E-state index contributed by atoms with van der Waals surface area (Å²) in [5, 5.41) is 10.6. The molecule has 0 saturated carbocycles. The molecule has 29 heavy (non-hydrogen) atoms. The summed E-state index contributed by atoms with van der Waals surface area (Å²) in [6.45, 7) is 2.38. The lowest BCUT2D eigenvalue weighted by molar-refractivity contribution is -0.117. The minimum atomic E-state index is -0.318. The van der Waals surface area contributed by atoms with Crippen molar-refractivity contribution < 1.29 is 14.0 Å². The zero-order valence-electron chi connectivity index (χ0n) is 16.1. The summed E-state index contributed by atoms with van der Waals surface area (Å²) < 4.78 is 5.62. The molecule has 4 rings (SSSR count). The Morgan fingerprint density at radius 1 is 1.21 bits per heavy atom. The summed E-state index contributed by atoms with van der Waals surface area (Å²) in [4.78, 5) is 27.7. The van der Waals surface area contributed by atoms with Crippen LogP contribution in [-0.2, 0) is 4.79 Å². The van der Waals surface area contributed by atoms with Crippen LogP contribution in [-0.4, -0.2) is 34.8 Å². The van der Waals surface area contributed by atoms with E-state index in [0.717, 1.165) is 16.1 Å². The first kappa shape index (κ1) is 19.2. The second-order valence-corrected chi connectivity index (χ2v) is 7.75. The maximum absolute atomic E-state index is 12.5. The fourth-order valence-electron chi connectivity index (χ4n) is 3.29. The van der Waals surface area contributed by atoms with Crippen LogP contribution in [0.15, 0.2) is 57.8 Å². The van der Waals surface area contributed by atoms with Crippen molar-refractivity contribution in [3.8, 4) is 0 Å². The number of rotatable bonds is 5. The number of carbonyl (C=O) groups excluding carboxylic acids is 2. The minimum Gasteiger partial charge on any atom is -0.407 e. The summed E-state index contributed by atoms with van der Waals surface area (Å²) in [6, 6.07) is 15.1. The van der Waals surface area contributed by atoms with Gasteiger partial charge >= 0.3 is 6.01 Å². The Morgan fingerprint density at radius 2 is 2.00 bits per heavy atom. The van der Waals surface area contributed by atoms with E-state index in [-0.39, 0.29) is 30.2 Å². The third-order valence-corrected chi connectivity index (χ3v) is 5.54. The number of aryl methyl sites for hydroxylation is 1. The van der Waals surface area contributed by atoms with Gasteiger partial charge in [0.15, 0.2) is 0 Å². The second-order valence-electron chi connectivity index (χ2n) is 6.87. The highest BCUT2D eigenvalue weighted by atomic mass is 32.2. The number of carbonyl (C=O) groups is 2. The third kappa shape index (κ3) is 4.17. The Hall–Kier alpha value is -3.13. The molecule has 0 spiro atoms. The van der Waals surface area contributed by atoms with E-state index in [2.05, 4.69) is 15.5 Å². The molecule has 0 radical (unpaired) electrons. The predicted molar refractivity (Wildman–Crippen MR) is 111 cm³/mol. The van der Waals surface area contributed by atoms with Gasteiger partial charge in [-0.05, 0) is 49.6 Å². The maximum Gasteiger partial charge on any atom is 0.322 e. The molecule has 7 nitrogen and oxygen atoms in total. The van der Waals surface area contributed by atoms with Crippen molar-refractivity contribution in [3.63, 3.8) is 0 Å². The molecule has 8 heteroatoms. The maximum atomic E-state index is 12.5. The third-order valence-electron chi connectivity index (χ3n) is 4.80. The zero-order valence-corrected chi connectivity index (χ0v) is 16.9. The first-order valence-corrected chi connectivity index (χ1v) is 10.4. The largest absolute Gasteiger partial charge is 0.407 e. The molecule has 1 aliphatic rings. The summed E-state index contributed by atoms with van der Waals surface area (Å²) in [7, 11) is 0. The quantitative estimate of drug-likeness (QED) is 0.645. The molecule has 2 heterocycles. The molecule has 0 bridgehead atoms. The normalized spacial score (nSPS) is 16.3. The predicted octanol–water partition coefficient (Wildman–Crippen LogP) is 3.87. The molecule has 1 fully saturated rings. The number of thioether (sulfide) groups is 1. The molecule has 2 amide bonds. The molecule has 1 saturated heterocycles. The van der Waals surface area contributed by atoms with Crippen LogP contribution in [0.1, 0.15) is 34.2 Å². The summed E-state index contributed by atoms with van der Waals surface area (Å²) in [5.74, 6) is -0.168. The molecule has 3 aromatic rings. The van der Waals surface area contributed by atoms with E-state index in [1.54, 1.807) is 28.8 Å². The molecule has 0 aliphatic carbocycles. The van der Waals surface area contributed by atoms with Gasteiger partial charge in [0.1, 0.15) is 0 Å². The van der Waals surface area contributed by atoms with Crippen molar-refractivity contribution >= 4 is 35.3 Å². The van der Waals surface area contributed by atoms with Crippen LogP contribution in [0, 0.1) is 6.92 Å². The average molecular weight is 408 g/mol. The number of hydrogen-bond donors (Lipinski definition) is 1. The number of amides is 2. The van der Waals surface area contributed by atoms with E-state index in [1.165, 1.54) is 0 Å². The number of benzene rings is 2. The monoisotopic (exact) mass is 408 g/mol. The van der Waals surface area contributed by atoms with E-state index < -0.39 is 0 Å². The zero-order chi connectivity index (χ0) is 20.4. The van der Waals surface area contributed by atoms with Crippen molar-refractivity contribution in [1.29, 1.82) is 0 Å². The fourth-order valence-corrected chi connectivity index (χ4v) is 3.70. The highest BCUT2D eigenvalue weighted by molar-refractivity contribution is 7.98. The Kier molecular flexibility index (Phi) is 5.35. The Balaban J connectivity index is 1.44. The minimum absolute atomic E-state index is 0.00967. The van der Waals surface area contributed by atoms with Gasteiger partial charge < -0.3 is 9.32 Å². The lowest BCUT2D eigenvalue weighted by Crippen LogP contribution is -2.24. The highest BCUT2D eigenvalue weighted by Gasteiger charge is 2.35. The molecule has 1 aliphatic heterocycles. The molecular formula is C21H20N4O3S. The van der Waals surface area contributed by atoms with Gasteiger partial charge in [0.05, 0.1) is 5.92 Å². The Labute approximate surface area is 172 Å². The lowest BCUT2D eigenvalue weighted by atomic mass is 10.1. The molecule has 148 valence electrons. The fraction of sp³-hybridized carbons (Fsp3) is 0.238. The number of hydrogen-bond acceptors (Lipinski definition) is 6. The van der Waals surface area contributed by atoms with Crippen LogP contribution in [0.3, 0.4) is 0 Å². The standard InChI is InChI=1S/C21H20N4O3S/c1-13-4-3-5-14(10-13)19(27)22-21-24-23-20(28-21)15-11-18(26)25(12-15)16-6-8-17(29-2)9-7-16/h3-10,15H,11-12H2,1-2H3,(H,22,24,27)/t15-/m0/s1.